The van der Waals surface area contributed by atoms with E-state index in [4.69, 9.17) is 4.42 Å². The van der Waals surface area contributed by atoms with E-state index >= 15 is 0 Å². The maximum atomic E-state index is 5.86. The summed E-state index contributed by atoms with van der Waals surface area (Å²) in [5.74, 6) is 0. The average molecular weight is 318 g/mol. The quantitative estimate of drug-likeness (QED) is 0.352. The summed E-state index contributed by atoms with van der Waals surface area (Å²) in [4.78, 5) is 0. The Morgan fingerprint density at radius 1 is 0.583 bits per heavy atom. The van der Waals surface area contributed by atoms with Crippen molar-refractivity contribution in [3.63, 3.8) is 0 Å². The number of hydrogen-bond donors (Lipinski definition) is 0. The van der Waals surface area contributed by atoms with Crippen LogP contribution in [0.4, 0.5) is 0 Å². The van der Waals surface area contributed by atoms with E-state index in [0.29, 0.717) is 0 Å². The molecule has 0 bridgehead atoms. The molecule has 0 saturated heterocycles. The SMILES string of the molecule is CC.CC.Cc1ccc(-c2ccc3oc4ccccc4c3c2)cc1. The topological polar surface area (TPSA) is 13.1 Å². The van der Waals surface area contributed by atoms with Crippen LogP contribution in [-0.2, 0) is 0 Å². The van der Waals surface area contributed by atoms with Gasteiger partial charge in [-0.3, -0.25) is 0 Å². The lowest BCUT2D eigenvalue weighted by Gasteiger charge is -2.02. The van der Waals surface area contributed by atoms with E-state index in [1.54, 1.807) is 0 Å². The molecule has 0 fully saturated rings. The molecule has 4 rings (SSSR count). The lowest BCUT2D eigenvalue weighted by atomic mass is 10.0. The van der Waals surface area contributed by atoms with Crippen LogP contribution in [-0.4, -0.2) is 0 Å². The number of hydrogen-bond acceptors (Lipinski definition) is 1. The highest BCUT2D eigenvalue weighted by Crippen LogP contribution is 2.32. The van der Waals surface area contributed by atoms with Gasteiger partial charge in [0.25, 0.3) is 0 Å². The van der Waals surface area contributed by atoms with Crippen LogP contribution in [0.1, 0.15) is 33.3 Å². The van der Waals surface area contributed by atoms with Gasteiger partial charge in [0, 0.05) is 10.8 Å². The number of aryl methyl sites for hydroxylation is 1. The second kappa shape index (κ2) is 8.35. The predicted octanol–water partition coefficient (Wildman–Crippen LogP) is 7.61. The molecule has 4 aromatic rings. The second-order valence-corrected chi connectivity index (χ2v) is 5.18. The first-order valence-corrected chi connectivity index (χ1v) is 8.79. The summed E-state index contributed by atoms with van der Waals surface area (Å²) < 4.78 is 5.86. The summed E-state index contributed by atoms with van der Waals surface area (Å²) in [6.45, 7) is 10.1. The van der Waals surface area contributed by atoms with Gasteiger partial charge in [0.2, 0.25) is 0 Å². The van der Waals surface area contributed by atoms with Gasteiger partial charge >= 0.3 is 0 Å². The Morgan fingerprint density at radius 3 is 1.88 bits per heavy atom. The number of fused-ring (bicyclic) bond motifs is 3. The molecule has 0 aliphatic carbocycles. The summed E-state index contributed by atoms with van der Waals surface area (Å²) in [5.41, 5.74) is 5.64. The highest BCUT2D eigenvalue weighted by atomic mass is 16.3. The van der Waals surface area contributed by atoms with Crippen molar-refractivity contribution in [3.8, 4) is 11.1 Å². The maximum Gasteiger partial charge on any atom is 0.135 e. The van der Waals surface area contributed by atoms with Gasteiger partial charge < -0.3 is 4.42 Å². The molecule has 0 aliphatic rings. The van der Waals surface area contributed by atoms with E-state index in [9.17, 15) is 0 Å². The third-order valence-electron chi connectivity index (χ3n) is 3.76. The van der Waals surface area contributed by atoms with Gasteiger partial charge in [0.1, 0.15) is 11.2 Å². The zero-order valence-corrected chi connectivity index (χ0v) is 15.3. The minimum absolute atomic E-state index is 0.946. The van der Waals surface area contributed by atoms with Crippen molar-refractivity contribution in [2.75, 3.05) is 0 Å². The first-order chi connectivity index (χ1) is 11.8. The van der Waals surface area contributed by atoms with Crippen molar-refractivity contribution < 1.29 is 4.42 Å². The standard InChI is InChI=1S/C19H14O.2C2H6/c1-13-6-8-14(9-7-13)15-10-11-19-17(12-15)16-4-2-3-5-18(16)20-19;2*1-2/h2-12H,1H3;2*1-2H3. The molecule has 0 radical (unpaired) electrons. The van der Waals surface area contributed by atoms with Gasteiger partial charge in [-0.2, -0.15) is 0 Å². The fraction of sp³-hybridized carbons (Fsp3) is 0.217. The second-order valence-electron chi connectivity index (χ2n) is 5.18. The fourth-order valence-corrected chi connectivity index (χ4v) is 2.65. The van der Waals surface area contributed by atoms with E-state index in [-0.39, 0.29) is 0 Å². The molecule has 0 saturated carbocycles. The molecule has 0 N–H and O–H groups in total. The summed E-state index contributed by atoms with van der Waals surface area (Å²) >= 11 is 0. The van der Waals surface area contributed by atoms with Crippen molar-refractivity contribution in [2.24, 2.45) is 0 Å². The first-order valence-electron chi connectivity index (χ1n) is 8.79. The molecule has 3 aromatic carbocycles. The summed E-state index contributed by atoms with van der Waals surface area (Å²) in [7, 11) is 0. The van der Waals surface area contributed by atoms with Crippen molar-refractivity contribution >= 4 is 21.9 Å². The Bertz CT molecular complexity index is 898. The summed E-state index contributed by atoms with van der Waals surface area (Å²) in [6.07, 6.45) is 0. The molecular weight excluding hydrogens is 292 g/mol. The maximum absolute atomic E-state index is 5.86. The van der Waals surface area contributed by atoms with Crippen LogP contribution in [0.2, 0.25) is 0 Å². The van der Waals surface area contributed by atoms with Crippen LogP contribution in [0.3, 0.4) is 0 Å². The molecule has 0 spiro atoms. The molecule has 0 atom stereocenters. The van der Waals surface area contributed by atoms with Crippen molar-refractivity contribution in [1.82, 2.24) is 0 Å². The van der Waals surface area contributed by atoms with Crippen molar-refractivity contribution in [3.05, 3.63) is 72.3 Å². The third-order valence-corrected chi connectivity index (χ3v) is 3.76. The normalized spacial score (nSPS) is 9.88. The van der Waals surface area contributed by atoms with E-state index in [1.807, 2.05) is 39.8 Å². The van der Waals surface area contributed by atoms with Gasteiger partial charge in [0.15, 0.2) is 0 Å². The molecule has 1 nitrogen and oxygen atoms in total. The fourth-order valence-electron chi connectivity index (χ4n) is 2.65. The third kappa shape index (κ3) is 3.51. The predicted molar refractivity (Wildman–Crippen MR) is 107 cm³/mol. The molecule has 1 heterocycles. The Labute approximate surface area is 144 Å². The van der Waals surface area contributed by atoms with E-state index < -0.39 is 0 Å². The zero-order valence-electron chi connectivity index (χ0n) is 15.3. The Kier molecular flexibility index (Phi) is 6.20. The Balaban J connectivity index is 0.000000487. The van der Waals surface area contributed by atoms with Gasteiger partial charge in [-0.05, 0) is 36.2 Å². The van der Waals surface area contributed by atoms with Crippen LogP contribution < -0.4 is 0 Å². The molecule has 0 unspecified atom stereocenters. The Morgan fingerprint density at radius 2 is 1.17 bits per heavy atom. The number of para-hydroxylation sites is 1. The van der Waals surface area contributed by atoms with Gasteiger partial charge in [-0.25, -0.2) is 0 Å². The molecular formula is C23H26O. The van der Waals surface area contributed by atoms with Crippen LogP contribution in [0.15, 0.2) is 71.1 Å². The highest BCUT2D eigenvalue weighted by Gasteiger charge is 2.07. The smallest absolute Gasteiger partial charge is 0.135 e. The number of furan rings is 1. The lowest BCUT2D eigenvalue weighted by Crippen LogP contribution is -1.78. The molecule has 1 heteroatoms. The van der Waals surface area contributed by atoms with Crippen LogP contribution in [0, 0.1) is 6.92 Å². The van der Waals surface area contributed by atoms with Crippen LogP contribution in [0.5, 0.6) is 0 Å². The van der Waals surface area contributed by atoms with E-state index in [0.717, 1.165) is 11.2 Å². The van der Waals surface area contributed by atoms with Crippen LogP contribution >= 0.6 is 0 Å². The molecule has 0 aliphatic heterocycles. The Hall–Kier alpha value is -2.54. The van der Waals surface area contributed by atoms with Gasteiger partial charge in [-0.1, -0.05) is 81.8 Å². The zero-order chi connectivity index (χ0) is 17.5. The average Bonchev–Trinajstić information content (AvgIpc) is 3.03. The number of benzene rings is 3. The number of rotatable bonds is 1. The molecule has 0 amide bonds. The molecule has 1 aromatic heterocycles. The van der Waals surface area contributed by atoms with E-state index in [1.165, 1.54) is 27.5 Å². The highest BCUT2D eigenvalue weighted by molar-refractivity contribution is 6.06. The first kappa shape index (κ1) is 17.8. The minimum atomic E-state index is 0.946. The minimum Gasteiger partial charge on any atom is -0.456 e. The molecule has 124 valence electrons. The van der Waals surface area contributed by atoms with Gasteiger partial charge in [0.05, 0.1) is 0 Å². The van der Waals surface area contributed by atoms with E-state index in [2.05, 4.69) is 61.5 Å². The van der Waals surface area contributed by atoms with Crippen molar-refractivity contribution in [1.29, 1.82) is 0 Å². The lowest BCUT2D eigenvalue weighted by molar-refractivity contribution is 0.669. The molecule has 24 heavy (non-hydrogen) atoms. The van der Waals surface area contributed by atoms with Crippen molar-refractivity contribution in [2.45, 2.75) is 34.6 Å². The summed E-state index contributed by atoms with van der Waals surface area (Å²) in [6, 6.07) is 23.2. The summed E-state index contributed by atoms with van der Waals surface area (Å²) in [5, 5.41) is 2.36. The monoisotopic (exact) mass is 318 g/mol. The van der Waals surface area contributed by atoms with Crippen LogP contribution in [0.25, 0.3) is 33.1 Å². The largest absolute Gasteiger partial charge is 0.456 e. The van der Waals surface area contributed by atoms with Gasteiger partial charge in [-0.15, -0.1) is 0 Å².